The van der Waals surface area contributed by atoms with Crippen LogP contribution in [-0.4, -0.2) is 13.2 Å². The molecular formula is C21H24O. The van der Waals surface area contributed by atoms with E-state index < -0.39 is 0 Å². The summed E-state index contributed by atoms with van der Waals surface area (Å²) in [6.45, 7) is 6.04. The summed E-state index contributed by atoms with van der Waals surface area (Å²) in [5, 5.41) is 0. The molecule has 1 heterocycles. The summed E-state index contributed by atoms with van der Waals surface area (Å²) in [5.41, 5.74) is 6.57. The van der Waals surface area contributed by atoms with Gasteiger partial charge >= 0.3 is 0 Å². The molecule has 0 radical (unpaired) electrons. The third-order valence-corrected chi connectivity index (χ3v) is 4.39. The summed E-state index contributed by atoms with van der Waals surface area (Å²) in [6.07, 6.45) is 4.71. The lowest BCUT2D eigenvalue weighted by molar-refractivity contribution is 0.0786. The Kier molecular flexibility index (Phi) is 4.74. The topological polar surface area (TPSA) is 9.23 Å². The van der Waals surface area contributed by atoms with Crippen LogP contribution in [0.2, 0.25) is 0 Å². The third-order valence-electron chi connectivity index (χ3n) is 4.39. The molecule has 0 aromatic heterocycles. The Hall–Kier alpha value is -1.86. The van der Waals surface area contributed by atoms with Gasteiger partial charge in [0.2, 0.25) is 0 Å². The fourth-order valence-corrected chi connectivity index (χ4v) is 2.94. The molecule has 0 amide bonds. The number of aryl methyl sites for hydroxylation is 2. The van der Waals surface area contributed by atoms with Gasteiger partial charge in [-0.1, -0.05) is 65.7 Å². The predicted molar refractivity (Wildman–Crippen MR) is 93.0 cm³/mol. The fourth-order valence-electron chi connectivity index (χ4n) is 2.94. The first-order chi connectivity index (χ1) is 10.7. The lowest BCUT2D eigenvalue weighted by atomic mass is 9.90. The molecule has 0 bridgehead atoms. The molecule has 1 heteroatoms. The monoisotopic (exact) mass is 292 g/mol. The number of hydrogen-bond acceptors (Lipinski definition) is 1. The van der Waals surface area contributed by atoms with E-state index in [1.54, 1.807) is 0 Å². The predicted octanol–water partition coefficient (Wildman–Crippen LogP) is 5.16. The van der Waals surface area contributed by atoms with Crippen molar-refractivity contribution in [2.24, 2.45) is 5.92 Å². The lowest BCUT2D eigenvalue weighted by Gasteiger charge is -2.21. The van der Waals surface area contributed by atoms with Gasteiger partial charge in [0.05, 0.1) is 0 Å². The van der Waals surface area contributed by atoms with E-state index >= 15 is 0 Å². The van der Waals surface area contributed by atoms with Crippen LogP contribution in [-0.2, 0) is 4.74 Å². The van der Waals surface area contributed by atoms with E-state index in [9.17, 15) is 0 Å². The summed E-state index contributed by atoms with van der Waals surface area (Å²) >= 11 is 0. The van der Waals surface area contributed by atoms with Crippen LogP contribution >= 0.6 is 0 Å². The second-order valence-corrected chi connectivity index (χ2v) is 6.26. The Labute approximate surface area is 133 Å². The minimum Gasteiger partial charge on any atom is -0.381 e. The Bertz CT molecular complexity index is 581. The fraction of sp³-hybridized carbons (Fsp3) is 0.333. The zero-order chi connectivity index (χ0) is 15.4. The van der Waals surface area contributed by atoms with Gasteiger partial charge < -0.3 is 4.74 Å². The number of ether oxygens (including phenoxy) is 1. The van der Waals surface area contributed by atoms with Crippen molar-refractivity contribution in [2.75, 3.05) is 13.2 Å². The average Bonchev–Trinajstić information content (AvgIpc) is 2.56. The highest BCUT2D eigenvalue weighted by molar-refractivity contribution is 5.80. The normalized spacial score (nSPS) is 15.5. The number of rotatable bonds is 3. The second kappa shape index (κ2) is 6.93. The van der Waals surface area contributed by atoms with E-state index in [1.807, 2.05) is 0 Å². The SMILES string of the molecule is Cc1ccc(C(=CC2CCOCC2)c2ccc(C)cc2)cc1. The molecular weight excluding hydrogens is 268 g/mol. The highest BCUT2D eigenvalue weighted by atomic mass is 16.5. The highest BCUT2D eigenvalue weighted by Gasteiger charge is 2.14. The molecule has 3 rings (SSSR count). The van der Waals surface area contributed by atoms with Crippen LogP contribution in [0.4, 0.5) is 0 Å². The van der Waals surface area contributed by atoms with Crippen molar-refractivity contribution in [1.29, 1.82) is 0 Å². The lowest BCUT2D eigenvalue weighted by Crippen LogP contribution is -2.14. The molecule has 0 spiro atoms. The Morgan fingerprint density at radius 3 is 1.73 bits per heavy atom. The van der Waals surface area contributed by atoms with Gasteiger partial charge in [-0.3, -0.25) is 0 Å². The molecule has 0 atom stereocenters. The Morgan fingerprint density at radius 1 is 0.818 bits per heavy atom. The third kappa shape index (κ3) is 3.66. The van der Waals surface area contributed by atoms with E-state index in [2.05, 4.69) is 68.5 Å². The van der Waals surface area contributed by atoms with Crippen LogP contribution in [0, 0.1) is 19.8 Å². The Balaban J connectivity index is 1.99. The minimum atomic E-state index is 0.617. The van der Waals surface area contributed by atoms with Crippen LogP contribution in [0.5, 0.6) is 0 Å². The standard InChI is InChI=1S/C21H24O/c1-16-3-7-19(8-4-16)21(15-18-11-13-22-14-12-18)20-9-5-17(2)6-10-20/h3-10,15,18H,11-14H2,1-2H3. The van der Waals surface area contributed by atoms with Crippen LogP contribution < -0.4 is 0 Å². The van der Waals surface area contributed by atoms with Crippen molar-refractivity contribution in [3.05, 3.63) is 76.9 Å². The number of allylic oxidation sites excluding steroid dienone is 1. The first kappa shape index (κ1) is 15.1. The van der Waals surface area contributed by atoms with Gasteiger partial charge in [-0.15, -0.1) is 0 Å². The van der Waals surface area contributed by atoms with Crippen molar-refractivity contribution in [3.8, 4) is 0 Å². The van der Waals surface area contributed by atoms with E-state index in [0.717, 1.165) is 26.1 Å². The van der Waals surface area contributed by atoms with Gasteiger partial charge in [0.1, 0.15) is 0 Å². The van der Waals surface area contributed by atoms with Gasteiger partial charge in [-0.2, -0.15) is 0 Å². The second-order valence-electron chi connectivity index (χ2n) is 6.26. The first-order valence-corrected chi connectivity index (χ1v) is 8.16. The van der Waals surface area contributed by atoms with E-state index in [-0.39, 0.29) is 0 Å². The van der Waals surface area contributed by atoms with Gasteiger partial charge in [0, 0.05) is 13.2 Å². The van der Waals surface area contributed by atoms with Gasteiger partial charge in [0.15, 0.2) is 0 Å². The van der Waals surface area contributed by atoms with Gasteiger partial charge in [-0.05, 0) is 49.3 Å². The molecule has 22 heavy (non-hydrogen) atoms. The molecule has 2 aromatic rings. The Morgan fingerprint density at radius 2 is 1.27 bits per heavy atom. The van der Waals surface area contributed by atoms with Crippen LogP contribution in [0.3, 0.4) is 0 Å². The zero-order valence-corrected chi connectivity index (χ0v) is 13.5. The van der Waals surface area contributed by atoms with Crippen LogP contribution in [0.15, 0.2) is 54.6 Å². The first-order valence-electron chi connectivity index (χ1n) is 8.16. The highest BCUT2D eigenvalue weighted by Crippen LogP contribution is 2.28. The van der Waals surface area contributed by atoms with Gasteiger partial charge in [-0.25, -0.2) is 0 Å². The largest absolute Gasteiger partial charge is 0.381 e. The van der Waals surface area contributed by atoms with Gasteiger partial charge in [0.25, 0.3) is 0 Å². The molecule has 1 saturated heterocycles. The van der Waals surface area contributed by atoms with E-state index in [1.165, 1.54) is 27.8 Å². The van der Waals surface area contributed by atoms with Crippen LogP contribution in [0.1, 0.15) is 35.1 Å². The quantitative estimate of drug-likeness (QED) is 0.759. The summed E-state index contributed by atoms with van der Waals surface area (Å²) < 4.78 is 5.49. The summed E-state index contributed by atoms with van der Waals surface area (Å²) in [4.78, 5) is 0. The summed E-state index contributed by atoms with van der Waals surface area (Å²) in [6, 6.07) is 17.7. The summed E-state index contributed by atoms with van der Waals surface area (Å²) in [7, 11) is 0. The smallest absolute Gasteiger partial charge is 0.0471 e. The van der Waals surface area contributed by atoms with E-state index in [4.69, 9.17) is 4.74 Å². The van der Waals surface area contributed by atoms with Crippen molar-refractivity contribution >= 4 is 5.57 Å². The zero-order valence-electron chi connectivity index (χ0n) is 13.5. The number of benzene rings is 2. The van der Waals surface area contributed by atoms with Crippen molar-refractivity contribution in [1.82, 2.24) is 0 Å². The molecule has 1 nitrogen and oxygen atoms in total. The molecule has 0 N–H and O–H groups in total. The molecule has 0 saturated carbocycles. The summed E-state index contributed by atoms with van der Waals surface area (Å²) in [5.74, 6) is 0.617. The molecule has 1 fully saturated rings. The maximum absolute atomic E-state index is 5.49. The minimum absolute atomic E-state index is 0.617. The molecule has 0 unspecified atom stereocenters. The van der Waals surface area contributed by atoms with Crippen molar-refractivity contribution < 1.29 is 4.74 Å². The maximum atomic E-state index is 5.49. The average molecular weight is 292 g/mol. The molecule has 1 aliphatic heterocycles. The van der Waals surface area contributed by atoms with Crippen LogP contribution in [0.25, 0.3) is 5.57 Å². The molecule has 0 aliphatic carbocycles. The molecule has 114 valence electrons. The van der Waals surface area contributed by atoms with E-state index in [0.29, 0.717) is 5.92 Å². The maximum Gasteiger partial charge on any atom is 0.0471 e. The number of hydrogen-bond donors (Lipinski definition) is 0. The molecule has 1 aliphatic rings. The van der Waals surface area contributed by atoms with Crippen molar-refractivity contribution in [3.63, 3.8) is 0 Å². The molecule has 2 aromatic carbocycles. The van der Waals surface area contributed by atoms with Crippen molar-refractivity contribution in [2.45, 2.75) is 26.7 Å².